The summed E-state index contributed by atoms with van der Waals surface area (Å²) in [7, 11) is 0. The van der Waals surface area contributed by atoms with E-state index < -0.39 is 35.1 Å². The summed E-state index contributed by atoms with van der Waals surface area (Å²) in [5.74, 6) is -2.10. The van der Waals surface area contributed by atoms with E-state index in [0.717, 1.165) is 31.7 Å². The summed E-state index contributed by atoms with van der Waals surface area (Å²) < 4.78 is 70.5. The zero-order chi connectivity index (χ0) is 21.7. The second kappa shape index (κ2) is 10.3. The molecule has 0 spiro atoms. The minimum atomic E-state index is -2.35. The average Bonchev–Trinajstić information content (AvgIpc) is 2.75. The minimum absolute atomic E-state index is 0.153. The third-order valence-corrected chi connectivity index (χ3v) is 5.62. The maximum Gasteiger partial charge on any atom is 0.171 e. The smallest absolute Gasteiger partial charge is 0.171 e. The molecule has 0 radical (unpaired) electrons. The Labute approximate surface area is 175 Å². The van der Waals surface area contributed by atoms with Gasteiger partial charge in [0.05, 0.1) is 19.3 Å². The first-order valence-corrected chi connectivity index (χ1v) is 10.6. The number of halogens is 4. The van der Waals surface area contributed by atoms with E-state index in [1.807, 2.05) is 0 Å². The van der Waals surface area contributed by atoms with Crippen LogP contribution in [0.2, 0.25) is 0 Å². The minimum Gasteiger partial charge on any atom is -0.491 e. The van der Waals surface area contributed by atoms with Crippen LogP contribution in [-0.2, 0) is 4.74 Å². The van der Waals surface area contributed by atoms with E-state index in [2.05, 4.69) is 6.92 Å². The van der Waals surface area contributed by atoms with E-state index in [-0.39, 0.29) is 24.4 Å². The predicted molar refractivity (Wildman–Crippen MR) is 108 cm³/mol. The number of alkyl halides is 2. The molecule has 0 bridgehead atoms. The molecule has 0 N–H and O–H groups in total. The van der Waals surface area contributed by atoms with E-state index in [4.69, 9.17) is 9.47 Å². The second-order valence-corrected chi connectivity index (χ2v) is 7.66. The largest absolute Gasteiger partial charge is 0.491 e. The van der Waals surface area contributed by atoms with Crippen molar-refractivity contribution in [2.75, 3.05) is 13.2 Å². The van der Waals surface area contributed by atoms with Crippen LogP contribution < -0.4 is 4.74 Å². The van der Waals surface area contributed by atoms with Crippen molar-refractivity contribution in [3.63, 3.8) is 0 Å². The molecular formula is C24H28F4O2. The van der Waals surface area contributed by atoms with Crippen molar-refractivity contribution >= 4 is 0 Å². The molecule has 0 amide bonds. The van der Waals surface area contributed by atoms with Crippen molar-refractivity contribution < 1.29 is 27.0 Å². The number of benzene rings is 2. The zero-order valence-electron chi connectivity index (χ0n) is 17.3. The van der Waals surface area contributed by atoms with Crippen LogP contribution in [0.1, 0.15) is 74.5 Å². The van der Waals surface area contributed by atoms with Gasteiger partial charge >= 0.3 is 0 Å². The third kappa shape index (κ3) is 4.80. The number of hydrogen-bond acceptors (Lipinski definition) is 2. The Hall–Kier alpha value is -2.08. The summed E-state index contributed by atoms with van der Waals surface area (Å²) in [5, 5.41) is 0. The molecule has 1 aliphatic rings. The monoisotopic (exact) mass is 424 g/mol. The molecule has 0 aliphatic carbocycles. The second-order valence-electron chi connectivity index (χ2n) is 7.66. The van der Waals surface area contributed by atoms with Crippen LogP contribution in [0, 0.1) is 11.6 Å². The molecule has 6 heteroatoms. The van der Waals surface area contributed by atoms with Gasteiger partial charge in [-0.25, -0.2) is 17.6 Å². The molecule has 3 rings (SSSR count). The van der Waals surface area contributed by atoms with Crippen LogP contribution in [0.4, 0.5) is 17.6 Å². The van der Waals surface area contributed by atoms with Crippen LogP contribution in [-0.4, -0.2) is 19.3 Å². The van der Waals surface area contributed by atoms with Gasteiger partial charge in [0.1, 0.15) is 5.82 Å². The molecule has 0 saturated carbocycles. The molecule has 1 fully saturated rings. The molecule has 4 atom stereocenters. The zero-order valence-corrected chi connectivity index (χ0v) is 17.3. The molecule has 2 nitrogen and oxygen atoms in total. The fraction of sp³-hybridized carbons (Fsp3) is 0.500. The van der Waals surface area contributed by atoms with Crippen molar-refractivity contribution in [2.24, 2.45) is 0 Å². The van der Waals surface area contributed by atoms with Gasteiger partial charge in [-0.3, -0.25) is 0 Å². The molecule has 1 heterocycles. The summed E-state index contributed by atoms with van der Waals surface area (Å²) in [6.07, 6.45) is -1.02. The lowest BCUT2D eigenvalue weighted by atomic mass is 9.88. The number of ether oxygens (including phenoxy) is 2. The highest BCUT2D eigenvalue weighted by molar-refractivity contribution is 5.36. The highest BCUT2D eigenvalue weighted by Gasteiger charge is 2.32. The van der Waals surface area contributed by atoms with Gasteiger partial charge in [0.15, 0.2) is 23.9 Å². The number of hydrogen-bond donors (Lipinski definition) is 0. The Morgan fingerprint density at radius 2 is 1.63 bits per heavy atom. The van der Waals surface area contributed by atoms with Crippen molar-refractivity contribution in [3.05, 3.63) is 64.7 Å². The van der Waals surface area contributed by atoms with Gasteiger partial charge in [-0.2, -0.15) is 0 Å². The fourth-order valence-electron chi connectivity index (χ4n) is 4.02. The highest BCUT2D eigenvalue weighted by Crippen LogP contribution is 2.41. The van der Waals surface area contributed by atoms with Gasteiger partial charge < -0.3 is 9.47 Å². The maximum absolute atomic E-state index is 15.1. The Kier molecular flexibility index (Phi) is 7.75. The molecular weight excluding hydrogens is 396 g/mol. The SMILES string of the molecule is CCCC1CCC(c2cccc(C(F)C(F)c3cccc(OCC)c3F)c2F)CO1. The van der Waals surface area contributed by atoms with E-state index in [1.165, 1.54) is 24.3 Å². The van der Waals surface area contributed by atoms with Gasteiger partial charge in [-0.1, -0.05) is 43.7 Å². The van der Waals surface area contributed by atoms with Crippen molar-refractivity contribution in [1.29, 1.82) is 0 Å². The fourth-order valence-corrected chi connectivity index (χ4v) is 4.02. The van der Waals surface area contributed by atoms with Crippen molar-refractivity contribution in [3.8, 4) is 5.75 Å². The van der Waals surface area contributed by atoms with Crippen LogP contribution in [0.3, 0.4) is 0 Å². The standard InChI is InChI=1S/C24H28F4O2/c1-3-7-16-13-12-15(14-30-16)17-8-5-9-18(21(17)25)23(27)24(28)19-10-6-11-20(22(19)26)29-4-2/h5-6,8-11,15-16,23-24H,3-4,7,12-14H2,1-2H3. The van der Waals surface area contributed by atoms with E-state index in [0.29, 0.717) is 12.2 Å². The van der Waals surface area contributed by atoms with Crippen molar-refractivity contribution in [1.82, 2.24) is 0 Å². The molecule has 1 saturated heterocycles. The molecule has 2 aromatic rings. The Bertz CT molecular complexity index is 834. The average molecular weight is 424 g/mol. The van der Waals surface area contributed by atoms with Crippen LogP contribution >= 0.6 is 0 Å². The molecule has 2 aromatic carbocycles. The van der Waals surface area contributed by atoms with E-state index in [9.17, 15) is 8.78 Å². The molecule has 30 heavy (non-hydrogen) atoms. The van der Waals surface area contributed by atoms with Gasteiger partial charge in [0.2, 0.25) is 0 Å². The van der Waals surface area contributed by atoms with Gasteiger partial charge in [-0.05, 0) is 37.8 Å². The normalized spacial score (nSPS) is 21.3. The highest BCUT2D eigenvalue weighted by atomic mass is 19.2. The Morgan fingerprint density at radius 3 is 2.23 bits per heavy atom. The molecule has 1 aliphatic heterocycles. The first kappa shape index (κ1) is 22.6. The Balaban J connectivity index is 1.81. The van der Waals surface area contributed by atoms with Crippen LogP contribution in [0.25, 0.3) is 0 Å². The van der Waals surface area contributed by atoms with E-state index >= 15 is 8.78 Å². The molecule has 4 unspecified atom stereocenters. The molecule has 164 valence electrons. The predicted octanol–water partition coefficient (Wildman–Crippen LogP) is 7.15. The summed E-state index contributed by atoms with van der Waals surface area (Å²) in [5.41, 5.74) is -0.570. The summed E-state index contributed by atoms with van der Waals surface area (Å²) in [6, 6.07) is 8.20. The van der Waals surface area contributed by atoms with Gasteiger partial charge in [0, 0.05) is 17.0 Å². The van der Waals surface area contributed by atoms with Gasteiger partial charge in [0.25, 0.3) is 0 Å². The van der Waals surface area contributed by atoms with E-state index in [1.54, 1.807) is 13.0 Å². The summed E-state index contributed by atoms with van der Waals surface area (Å²) >= 11 is 0. The Morgan fingerprint density at radius 1 is 0.967 bits per heavy atom. The van der Waals surface area contributed by atoms with Crippen LogP contribution in [0.5, 0.6) is 5.75 Å². The lowest BCUT2D eigenvalue weighted by molar-refractivity contribution is -0.00181. The topological polar surface area (TPSA) is 18.5 Å². The maximum atomic E-state index is 15.1. The molecule has 0 aromatic heterocycles. The first-order valence-electron chi connectivity index (χ1n) is 10.6. The summed E-state index contributed by atoms with van der Waals surface area (Å²) in [4.78, 5) is 0. The quantitative estimate of drug-likeness (QED) is 0.419. The third-order valence-electron chi connectivity index (χ3n) is 5.62. The van der Waals surface area contributed by atoms with Crippen LogP contribution in [0.15, 0.2) is 36.4 Å². The first-order chi connectivity index (χ1) is 14.5. The van der Waals surface area contributed by atoms with Gasteiger partial charge in [-0.15, -0.1) is 0 Å². The summed E-state index contributed by atoms with van der Waals surface area (Å²) in [6.45, 7) is 4.29. The lowest BCUT2D eigenvalue weighted by Gasteiger charge is -2.30. The van der Waals surface area contributed by atoms with Crippen molar-refractivity contribution in [2.45, 2.75) is 63.9 Å². The lowest BCUT2D eigenvalue weighted by Crippen LogP contribution is -2.25. The number of rotatable bonds is 8.